The lowest BCUT2D eigenvalue weighted by molar-refractivity contribution is -0.900. The van der Waals surface area contributed by atoms with Gasteiger partial charge in [0.1, 0.15) is 19.2 Å². The predicted octanol–water partition coefficient (Wildman–Crippen LogP) is 0.660. The molecule has 4 nitrogen and oxygen atoms in total. The van der Waals surface area contributed by atoms with Crippen molar-refractivity contribution in [1.29, 1.82) is 0 Å². The van der Waals surface area contributed by atoms with Gasteiger partial charge >= 0.3 is 5.97 Å². The summed E-state index contributed by atoms with van der Waals surface area (Å²) in [7, 11) is 0. The summed E-state index contributed by atoms with van der Waals surface area (Å²) in [5.41, 5.74) is 0.484. The molecule has 1 N–H and O–H groups in total. The summed E-state index contributed by atoms with van der Waals surface area (Å²) in [4.78, 5) is 13.5. The molecule has 3 aliphatic rings. The van der Waals surface area contributed by atoms with E-state index in [0.29, 0.717) is 12.0 Å². The van der Waals surface area contributed by atoms with E-state index in [1.807, 2.05) is 0 Å². The smallest absolute Gasteiger partial charge is 0.362 e. The topological polar surface area (TPSA) is 40.0 Å². The normalized spacial score (nSPS) is 40.0. The molecule has 2 bridgehead atoms. The molecule has 3 atom stereocenters. The summed E-state index contributed by atoms with van der Waals surface area (Å²) < 4.78 is 11.2. The fourth-order valence-electron chi connectivity index (χ4n) is 4.55. The van der Waals surface area contributed by atoms with Crippen molar-refractivity contribution in [2.75, 3.05) is 32.8 Å². The van der Waals surface area contributed by atoms with Gasteiger partial charge in [0.2, 0.25) is 0 Å². The maximum Gasteiger partial charge on any atom is 0.362 e. The Bertz CT molecular complexity index is 389. The summed E-state index contributed by atoms with van der Waals surface area (Å²) in [5, 5.41) is 0. The monoisotopic (exact) mass is 282 g/mol. The molecular formula is C16H28NO3+. The van der Waals surface area contributed by atoms with Crippen molar-refractivity contribution >= 4 is 5.97 Å². The molecule has 0 aromatic heterocycles. The lowest BCUT2D eigenvalue weighted by atomic mass is 9.70. The number of fused-ring (bicyclic) bond motifs is 2. The van der Waals surface area contributed by atoms with E-state index < -0.39 is 0 Å². The Morgan fingerprint density at radius 2 is 2.00 bits per heavy atom. The Morgan fingerprint density at radius 1 is 1.30 bits per heavy atom. The number of esters is 1. The lowest BCUT2D eigenvalue weighted by Crippen LogP contribution is -3.15. The first-order valence-corrected chi connectivity index (χ1v) is 8.04. The van der Waals surface area contributed by atoms with Crippen LogP contribution in [0, 0.1) is 16.7 Å². The zero-order valence-electron chi connectivity index (χ0n) is 13.0. The number of morpholine rings is 1. The Morgan fingerprint density at radius 3 is 2.55 bits per heavy atom. The molecule has 2 aliphatic carbocycles. The van der Waals surface area contributed by atoms with E-state index in [0.717, 1.165) is 38.6 Å². The summed E-state index contributed by atoms with van der Waals surface area (Å²) in [6.07, 6.45) is 3.69. The first-order valence-electron chi connectivity index (χ1n) is 8.04. The highest BCUT2D eigenvalue weighted by Gasteiger charge is 2.62. The molecule has 0 unspecified atom stereocenters. The second-order valence-corrected chi connectivity index (χ2v) is 7.63. The maximum absolute atomic E-state index is 12.2. The lowest BCUT2D eigenvalue weighted by Gasteiger charge is -2.38. The highest BCUT2D eigenvalue weighted by molar-refractivity contribution is 5.70. The second-order valence-electron chi connectivity index (χ2n) is 7.63. The molecule has 0 spiro atoms. The van der Waals surface area contributed by atoms with E-state index in [1.165, 1.54) is 17.7 Å². The van der Waals surface area contributed by atoms with Gasteiger partial charge in [0.25, 0.3) is 0 Å². The third-order valence-corrected chi connectivity index (χ3v) is 6.58. The standard InChI is InChI=1S/C16H27NO3/c1-15(2)12-4-5-16(15,3)13(10-12)20-14(18)11-17-6-8-19-9-7-17/h12-13H,4-11H2,1-3H3/p+1/t12-,13+,16+/m0/s1. The number of nitrogens with one attached hydrogen (secondary N) is 1. The second kappa shape index (κ2) is 4.99. The van der Waals surface area contributed by atoms with Gasteiger partial charge in [-0.15, -0.1) is 0 Å². The molecule has 0 aromatic rings. The molecule has 0 radical (unpaired) electrons. The van der Waals surface area contributed by atoms with Crippen molar-refractivity contribution in [1.82, 2.24) is 0 Å². The van der Waals surface area contributed by atoms with Crippen LogP contribution < -0.4 is 4.90 Å². The first-order chi connectivity index (χ1) is 9.43. The van der Waals surface area contributed by atoms with Crippen molar-refractivity contribution in [3.63, 3.8) is 0 Å². The van der Waals surface area contributed by atoms with Gasteiger partial charge in [0.15, 0.2) is 6.54 Å². The van der Waals surface area contributed by atoms with Crippen molar-refractivity contribution < 1.29 is 19.2 Å². The molecule has 4 heteroatoms. The number of rotatable bonds is 3. The third kappa shape index (κ3) is 2.17. The van der Waals surface area contributed by atoms with Crippen LogP contribution in [0.3, 0.4) is 0 Å². The summed E-state index contributed by atoms with van der Waals surface area (Å²) in [6.45, 7) is 10.9. The van der Waals surface area contributed by atoms with Crippen LogP contribution in [0.15, 0.2) is 0 Å². The fourth-order valence-corrected chi connectivity index (χ4v) is 4.55. The first kappa shape index (κ1) is 14.3. The minimum absolute atomic E-state index is 0.0172. The molecule has 1 heterocycles. The quantitative estimate of drug-likeness (QED) is 0.773. The van der Waals surface area contributed by atoms with Crippen LogP contribution in [0.2, 0.25) is 0 Å². The number of hydrogen-bond acceptors (Lipinski definition) is 3. The number of carbonyl (C=O) groups is 1. The molecule has 3 fully saturated rings. The largest absolute Gasteiger partial charge is 0.458 e. The van der Waals surface area contributed by atoms with Gasteiger partial charge < -0.3 is 14.4 Å². The Hall–Kier alpha value is -0.610. The van der Waals surface area contributed by atoms with Crippen molar-refractivity contribution in [3.05, 3.63) is 0 Å². The molecule has 2 saturated carbocycles. The van der Waals surface area contributed by atoms with Crippen molar-refractivity contribution in [2.24, 2.45) is 16.7 Å². The third-order valence-electron chi connectivity index (χ3n) is 6.58. The summed E-state index contributed by atoms with van der Waals surface area (Å²) >= 11 is 0. The Labute approximate surface area is 121 Å². The Balaban J connectivity index is 1.57. The van der Waals surface area contributed by atoms with Gasteiger partial charge in [-0.1, -0.05) is 20.8 Å². The molecule has 3 rings (SSSR count). The van der Waals surface area contributed by atoms with Crippen LogP contribution in [-0.2, 0) is 14.3 Å². The summed E-state index contributed by atoms with van der Waals surface area (Å²) in [6, 6.07) is 0. The van der Waals surface area contributed by atoms with Crippen LogP contribution >= 0.6 is 0 Å². The van der Waals surface area contributed by atoms with Crippen LogP contribution in [0.1, 0.15) is 40.0 Å². The van der Waals surface area contributed by atoms with Crippen molar-refractivity contribution in [2.45, 2.75) is 46.1 Å². The van der Waals surface area contributed by atoms with Gasteiger partial charge in [-0.2, -0.15) is 0 Å². The predicted molar refractivity (Wildman–Crippen MR) is 75.5 cm³/mol. The van der Waals surface area contributed by atoms with Gasteiger partial charge in [0, 0.05) is 5.41 Å². The average molecular weight is 282 g/mol. The van der Waals surface area contributed by atoms with Gasteiger partial charge in [0.05, 0.1) is 13.2 Å². The van der Waals surface area contributed by atoms with Gasteiger partial charge in [-0.25, -0.2) is 4.79 Å². The molecule has 0 amide bonds. The highest BCUT2D eigenvalue weighted by atomic mass is 16.5. The van der Waals surface area contributed by atoms with Crippen molar-refractivity contribution in [3.8, 4) is 0 Å². The number of hydrogen-bond donors (Lipinski definition) is 1. The van der Waals surface area contributed by atoms with E-state index in [9.17, 15) is 4.79 Å². The maximum atomic E-state index is 12.2. The van der Waals surface area contributed by atoms with E-state index in [-0.39, 0.29) is 17.5 Å². The Kier molecular flexibility index (Phi) is 3.57. The van der Waals surface area contributed by atoms with E-state index in [2.05, 4.69) is 20.8 Å². The zero-order chi connectivity index (χ0) is 14.4. The number of quaternary nitrogens is 1. The van der Waals surface area contributed by atoms with E-state index in [1.54, 1.807) is 0 Å². The molecule has 0 aromatic carbocycles. The zero-order valence-corrected chi connectivity index (χ0v) is 13.0. The minimum Gasteiger partial charge on any atom is -0.458 e. The van der Waals surface area contributed by atoms with Crippen LogP contribution in [-0.4, -0.2) is 44.9 Å². The highest BCUT2D eigenvalue weighted by Crippen LogP contribution is 2.66. The molecule has 20 heavy (non-hydrogen) atoms. The van der Waals surface area contributed by atoms with E-state index >= 15 is 0 Å². The van der Waals surface area contributed by atoms with Crippen LogP contribution in [0.25, 0.3) is 0 Å². The molecular weight excluding hydrogens is 254 g/mol. The number of carbonyl (C=O) groups excluding carboxylic acids is 1. The average Bonchev–Trinajstić information content (AvgIpc) is 2.73. The van der Waals surface area contributed by atoms with Crippen LogP contribution in [0.4, 0.5) is 0 Å². The van der Waals surface area contributed by atoms with Crippen LogP contribution in [0.5, 0.6) is 0 Å². The number of ether oxygens (including phenoxy) is 2. The summed E-state index contributed by atoms with van der Waals surface area (Å²) in [5.74, 6) is 0.706. The fraction of sp³-hybridized carbons (Fsp3) is 0.938. The van der Waals surface area contributed by atoms with Gasteiger partial charge in [-0.3, -0.25) is 0 Å². The molecule has 1 saturated heterocycles. The molecule has 114 valence electrons. The van der Waals surface area contributed by atoms with E-state index in [4.69, 9.17) is 9.47 Å². The molecule has 1 aliphatic heterocycles. The minimum atomic E-state index is -0.0172. The van der Waals surface area contributed by atoms with Gasteiger partial charge in [-0.05, 0) is 30.6 Å². The SMILES string of the molecule is CC1(C)[C@H]2CC[C@]1(C)[C@H](OC(=O)C[NH+]1CCOCC1)C2.